The van der Waals surface area contributed by atoms with Gasteiger partial charge in [-0.2, -0.15) is 0 Å². The first-order valence-corrected chi connectivity index (χ1v) is 7.56. The van der Waals surface area contributed by atoms with Crippen LogP contribution in [0.2, 0.25) is 0 Å². The van der Waals surface area contributed by atoms with Crippen LogP contribution in [0.1, 0.15) is 6.92 Å². The highest BCUT2D eigenvalue weighted by Gasteiger charge is 2.18. The fourth-order valence-electron chi connectivity index (χ4n) is 1.96. The Morgan fingerprint density at radius 1 is 1.45 bits per heavy atom. The second-order valence-electron chi connectivity index (χ2n) is 4.42. The van der Waals surface area contributed by atoms with Crippen molar-refractivity contribution in [1.29, 1.82) is 0 Å². The third kappa shape index (κ3) is 3.22. The maximum Gasteiger partial charge on any atom is 0.329 e. The van der Waals surface area contributed by atoms with Crippen LogP contribution in [0.15, 0.2) is 14.7 Å². The Morgan fingerprint density at radius 3 is 2.82 bits per heavy atom. The standard InChI is InChI=1S/C12H16N4O5S/c1-3-21-5-4-16-8-9(13-12(16)22-6-7(17)18)15(2)11(20)14-10(8)19/h3-6H2,1-2H3,(H,17,18)(H,14,19,20). The van der Waals surface area contributed by atoms with Crippen LogP contribution in [0, 0.1) is 0 Å². The molecule has 10 heteroatoms. The second-order valence-corrected chi connectivity index (χ2v) is 5.36. The molecule has 9 nitrogen and oxygen atoms in total. The largest absolute Gasteiger partial charge is 0.481 e. The molecule has 0 saturated carbocycles. The number of H-pyrrole nitrogens is 1. The number of carboxylic acids is 1. The number of hydrogen-bond acceptors (Lipinski definition) is 6. The van der Waals surface area contributed by atoms with Crippen LogP contribution in [-0.4, -0.2) is 49.1 Å². The van der Waals surface area contributed by atoms with E-state index in [0.717, 1.165) is 11.8 Å². The molecule has 2 aromatic rings. The zero-order valence-electron chi connectivity index (χ0n) is 12.2. The van der Waals surface area contributed by atoms with Gasteiger partial charge in [-0.3, -0.25) is 19.1 Å². The van der Waals surface area contributed by atoms with E-state index in [1.165, 1.54) is 11.6 Å². The zero-order valence-corrected chi connectivity index (χ0v) is 13.0. The fourth-order valence-corrected chi connectivity index (χ4v) is 2.70. The predicted octanol–water partition coefficient (Wildman–Crippen LogP) is -0.363. The van der Waals surface area contributed by atoms with Gasteiger partial charge in [-0.05, 0) is 6.92 Å². The van der Waals surface area contributed by atoms with Crippen LogP contribution >= 0.6 is 11.8 Å². The summed E-state index contributed by atoms with van der Waals surface area (Å²) in [6.45, 7) is 3.07. The van der Waals surface area contributed by atoms with E-state index in [0.29, 0.717) is 24.9 Å². The van der Waals surface area contributed by atoms with Gasteiger partial charge in [-0.15, -0.1) is 0 Å². The Bertz CT molecular complexity index is 806. The molecule has 120 valence electrons. The van der Waals surface area contributed by atoms with E-state index in [1.807, 2.05) is 6.92 Å². The molecule has 0 atom stereocenters. The number of hydrogen-bond donors (Lipinski definition) is 2. The van der Waals surface area contributed by atoms with Crippen molar-refractivity contribution in [3.63, 3.8) is 0 Å². The lowest BCUT2D eigenvalue weighted by Gasteiger charge is -2.07. The molecule has 2 N–H and O–H groups in total. The lowest BCUT2D eigenvalue weighted by Crippen LogP contribution is -2.29. The van der Waals surface area contributed by atoms with Gasteiger partial charge in [0.05, 0.1) is 12.4 Å². The first-order chi connectivity index (χ1) is 10.5. The molecule has 0 aromatic carbocycles. The highest BCUT2D eigenvalue weighted by atomic mass is 32.2. The van der Waals surface area contributed by atoms with Gasteiger partial charge in [0.25, 0.3) is 5.56 Å². The number of imidazole rings is 1. The van der Waals surface area contributed by atoms with Gasteiger partial charge in [0.2, 0.25) is 0 Å². The third-order valence-corrected chi connectivity index (χ3v) is 3.92. The third-order valence-electron chi connectivity index (χ3n) is 2.96. The van der Waals surface area contributed by atoms with Gasteiger partial charge in [-0.1, -0.05) is 11.8 Å². The Morgan fingerprint density at radius 2 is 2.18 bits per heavy atom. The van der Waals surface area contributed by atoms with Crippen molar-refractivity contribution in [3.8, 4) is 0 Å². The van der Waals surface area contributed by atoms with E-state index in [1.54, 1.807) is 4.57 Å². The number of aliphatic carboxylic acids is 1. The van der Waals surface area contributed by atoms with Crippen LogP contribution in [-0.2, 0) is 23.1 Å². The molecule has 22 heavy (non-hydrogen) atoms. The first kappa shape index (κ1) is 16.3. The molecule has 0 aliphatic rings. The van der Waals surface area contributed by atoms with E-state index in [4.69, 9.17) is 9.84 Å². The number of fused-ring (bicyclic) bond motifs is 1. The summed E-state index contributed by atoms with van der Waals surface area (Å²) in [6.07, 6.45) is 0. The molecule has 0 fully saturated rings. The van der Waals surface area contributed by atoms with Crippen molar-refractivity contribution in [2.24, 2.45) is 7.05 Å². The molecule has 0 aliphatic heterocycles. The average Bonchev–Trinajstić information content (AvgIpc) is 2.82. The molecule has 0 saturated heterocycles. The molecule has 0 amide bonds. The Kier molecular flexibility index (Phi) is 5.03. The lowest BCUT2D eigenvalue weighted by atomic mass is 10.5. The number of ether oxygens (including phenoxy) is 1. The Balaban J connectivity index is 2.56. The van der Waals surface area contributed by atoms with Crippen molar-refractivity contribution >= 4 is 28.9 Å². The van der Waals surface area contributed by atoms with E-state index in [-0.39, 0.29) is 16.9 Å². The van der Waals surface area contributed by atoms with Crippen LogP contribution in [0.4, 0.5) is 0 Å². The number of aryl methyl sites for hydroxylation is 1. The van der Waals surface area contributed by atoms with Gasteiger partial charge >= 0.3 is 11.7 Å². The topological polar surface area (TPSA) is 119 Å². The van der Waals surface area contributed by atoms with Gasteiger partial charge in [-0.25, -0.2) is 9.78 Å². The monoisotopic (exact) mass is 328 g/mol. The minimum absolute atomic E-state index is 0.191. The minimum atomic E-state index is -0.990. The van der Waals surface area contributed by atoms with E-state index in [2.05, 4.69) is 9.97 Å². The molecule has 2 aromatic heterocycles. The SMILES string of the molecule is CCOCCn1c(SCC(=O)O)nc2c1c(=O)[nH]c(=O)n2C. The maximum atomic E-state index is 12.1. The summed E-state index contributed by atoms with van der Waals surface area (Å²) in [5.41, 5.74) is -0.668. The predicted molar refractivity (Wildman–Crippen MR) is 80.4 cm³/mol. The Labute approximate surface area is 128 Å². The lowest BCUT2D eigenvalue weighted by molar-refractivity contribution is -0.133. The number of rotatable bonds is 7. The number of carboxylic acid groups (broad SMARTS) is 1. The number of aromatic nitrogens is 4. The summed E-state index contributed by atoms with van der Waals surface area (Å²) in [6, 6.07) is 0. The zero-order chi connectivity index (χ0) is 16.3. The summed E-state index contributed by atoms with van der Waals surface area (Å²) in [5, 5.41) is 9.17. The van der Waals surface area contributed by atoms with Crippen molar-refractivity contribution in [2.75, 3.05) is 19.0 Å². The summed E-state index contributed by atoms with van der Waals surface area (Å²) in [7, 11) is 1.49. The van der Waals surface area contributed by atoms with Gasteiger partial charge in [0.15, 0.2) is 16.3 Å². The molecule has 0 aliphatic carbocycles. The van der Waals surface area contributed by atoms with Gasteiger partial charge < -0.3 is 14.4 Å². The summed E-state index contributed by atoms with van der Waals surface area (Å²) < 4.78 is 8.08. The van der Waals surface area contributed by atoms with Crippen molar-refractivity contribution in [3.05, 3.63) is 20.8 Å². The van der Waals surface area contributed by atoms with E-state index >= 15 is 0 Å². The van der Waals surface area contributed by atoms with Crippen molar-refractivity contribution in [1.82, 2.24) is 19.1 Å². The number of aromatic amines is 1. The van der Waals surface area contributed by atoms with Gasteiger partial charge in [0, 0.05) is 20.2 Å². The van der Waals surface area contributed by atoms with E-state index in [9.17, 15) is 14.4 Å². The van der Waals surface area contributed by atoms with Crippen molar-refractivity contribution < 1.29 is 14.6 Å². The maximum absolute atomic E-state index is 12.1. The highest BCUT2D eigenvalue weighted by Crippen LogP contribution is 2.21. The second kappa shape index (κ2) is 6.79. The molecular weight excluding hydrogens is 312 g/mol. The van der Waals surface area contributed by atoms with Gasteiger partial charge in [0.1, 0.15) is 0 Å². The molecule has 0 spiro atoms. The highest BCUT2D eigenvalue weighted by molar-refractivity contribution is 7.99. The summed E-state index contributed by atoms with van der Waals surface area (Å²) >= 11 is 0.991. The number of nitrogens with zero attached hydrogens (tertiary/aromatic N) is 3. The molecule has 0 unspecified atom stereocenters. The summed E-state index contributed by atoms with van der Waals surface area (Å²) in [5.74, 6) is -1.18. The normalized spacial score (nSPS) is 11.2. The number of carbonyl (C=O) groups is 1. The van der Waals surface area contributed by atoms with Crippen molar-refractivity contribution in [2.45, 2.75) is 18.6 Å². The molecular formula is C12H16N4O5S. The molecule has 2 heterocycles. The van der Waals surface area contributed by atoms with Crippen LogP contribution < -0.4 is 11.2 Å². The summed E-state index contributed by atoms with van der Waals surface area (Å²) in [4.78, 5) is 40.9. The smallest absolute Gasteiger partial charge is 0.329 e. The average molecular weight is 328 g/mol. The molecule has 2 rings (SSSR count). The molecule has 0 radical (unpaired) electrons. The minimum Gasteiger partial charge on any atom is -0.481 e. The number of thioether (sulfide) groups is 1. The number of nitrogens with one attached hydrogen (secondary N) is 1. The van der Waals surface area contributed by atoms with Crippen LogP contribution in [0.5, 0.6) is 0 Å². The quantitative estimate of drug-likeness (QED) is 0.526. The molecule has 0 bridgehead atoms. The van der Waals surface area contributed by atoms with Crippen LogP contribution in [0.3, 0.4) is 0 Å². The van der Waals surface area contributed by atoms with E-state index < -0.39 is 17.2 Å². The van der Waals surface area contributed by atoms with Crippen LogP contribution in [0.25, 0.3) is 11.2 Å². The first-order valence-electron chi connectivity index (χ1n) is 6.57. The fraction of sp³-hybridized carbons (Fsp3) is 0.500. The Hall–Kier alpha value is -2.07.